The van der Waals surface area contributed by atoms with Crippen LogP contribution < -0.4 is 15.4 Å². The van der Waals surface area contributed by atoms with Crippen molar-refractivity contribution in [2.24, 2.45) is 0 Å². The molecule has 0 aromatic heterocycles. The van der Waals surface area contributed by atoms with Gasteiger partial charge in [-0.1, -0.05) is 6.92 Å². The van der Waals surface area contributed by atoms with Gasteiger partial charge in [-0.25, -0.2) is 0 Å². The van der Waals surface area contributed by atoms with Crippen LogP contribution in [0.25, 0.3) is 0 Å². The van der Waals surface area contributed by atoms with Crippen molar-refractivity contribution in [1.82, 2.24) is 0 Å². The predicted molar refractivity (Wildman–Crippen MR) is 97.6 cm³/mol. The van der Waals surface area contributed by atoms with Crippen LogP contribution >= 0.6 is 0 Å². The first-order chi connectivity index (χ1) is 12.4. The Kier molecular flexibility index (Phi) is 6.26. The molecule has 2 N–H and O–H groups in total. The number of ether oxygens (including phenoxy) is 1. The summed E-state index contributed by atoms with van der Waals surface area (Å²) in [7, 11) is 1.41. The molecule has 2 rings (SSSR count). The Labute approximate surface area is 150 Å². The molecule has 8 nitrogen and oxygen atoms in total. The van der Waals surface area contributed by atoms with Crippen LogP contribution in [0.15, 0.2) is 42.5 Å². The fourth-order valence-electron chi connectivity index (χ4n) is 2.26. The van der Waals surface area contributed by atoms with Crippen molar-refractivity contribution < 1.29 is 19.2 Å². The molecule has 0 aliphatic rings. The van der Waals surface area contributed by atoms with E-state index in [4.69, 9.17) is 4.74 Å². The van der Waals surface area contributed by atoms with Gasteiger partial charge in [0.05, 0.1) is 17.7 Å². The first-order valence-electron chi connectivity index (χ1n) is 7.98. The summed E-state index contributed by atoms with van der Waals surface area (Å²) in [5, 5.41) is 16.2. The highest BCUT2D eigenvalue weighted by molar-refractivity contribution is 6.05. The second-order valence-electron chi connectivity index (χ2n) is 5.47. The number of benzene rings is 2. The molecule has 2 amide bonds. The van der Waals surface area contributed by atoms with Crippen molar-refractivity contribution in [2.75, 3.05) is 17.7 Å². The van der Waals surface area contributed by atoms with Crippen LogP contribution in [0.5, 0.6) is 5.75 Å². The third kappa shape index (κ3) is 4.79. The lowest BCUT2D eigenvalue weighted by Gasteiger charge is -2.10. The van der Waals surface area contributed by atoms with E-state index < -0.39 is 10.8 Å². The lowest BCUT2D eigenvalue weighted by atomic mass is 10.1. The van der Waals surface area contributed by atoms with Crippen LogP contribution in [0, 0.1) is 10.1 Å². The molecule has 0 saturated carbocycles. The monoisotopic (exact) mass is 357 g/mol. The van der Waals surface area contributed by atoms with Crippen molar-refractivity contribution in [3.05, 3.63) is 58.1 Å². The first-order valence-corrected chi connectivity index (χ1v) is 7.98. The zero-order valence-corrected chi connectivity index (χ0v) is 14.4. The van der Waals surface area contributed by atoms with Gasteiger partial charge in [0, 0.05) is 29.8 Å². The summed E-state index contributed by atoms with van der Waals surface area (Å²) >= 11 is 0. The number of nitrogens with zero attached hydrogens (tertiary/aromatic N) is 1. The van der Waals surface area contributed by atoms with Gasteiger partial charge in [0.2, 0.25) is 5.91 Å². The van der Waals surface area contributed by atoms with E-state index in [1.54, 1.807) is 24.3 Å². The fraction of sp³-hybridized carbons (Fsp3) is 0.222. The third-order valence-electron chi connectivity index (χ3n) is 3.55. The average molecular weight is 357 g/mol. The number of hydrogen-bond acceptors (Lipinski definition) is 5. The van der Waals surface area contributed by atoms with Gasteiger partial charge in [0.15, 0.2) is 0 Å². The van der Waals surface area contributed by atoms with Crippen LogP contribution in [0.1, 0.15) is 30.1 Å². The number of nitrogens with one attached hydrogen (secondary N) is 2. The molecular weight excluding hydrogens is 338 g/mol. The number of methoxy groups -OCH3 is 1. The van der Waals surface area contributed by atoms with E-state index in [-0.39, 0.29) is 17.3 Å². The lowest BCUT2D eigenvalue weighted by Crippen LogP contribution is -2.14. The zero-order valence-electron chi connectivity index (χ0n) is 14.4. The second-order valence-corrected chi connectivity index (χ2v) is 5.47. The highest BCUT2D eigenvalue weighted by Crippen LogP contribution is 2.29. The van der Waals surface area contributed by atoms with Gasteiger partial charge in [0.1, 0.15) is 5.75 Å². The molecule has 0 unspecified atom stereocenters. The molecule has 0 atom stereocenters. The normalized spacial score (nSPS) is 10.1. The molecule has 0 heterocycles. The lowest BCUT2D eigenvalue weighted by molar-refractivity contribution is -0.384. The summed E-state index contributed by atoms with van der Waals surface area (Å²) < 4.78 is 5.12. The highest BCUT2D eigenvalue weighted by atomic mass is 16.6. The molecular formula is C18H19N3O5. The maximum atomic E-state index is 12.4. The van der Waals surface area contributed by atoms with Crippen molar-refractivity contribution in [1.29, 1.82) is 0 Å². The average Bonchev–Trinajstić information content (AvgIpc) is 2.62. The van der Waals surface area contributed by atoms with Crippen LogP contribution in [0.4, 0.5) is 17.1 Å². The van der Waals surface area contributed by atoms with E-state index in [9.17, 15) is 19.7 Å². The van der Waals surface area contributed by atoms with Crippen LogP contribution in [-0.2, 0) is 4.79 Å². The second kappa shape index (κ2) is 8.61. The number of nitro benzene ring substituents is 1. The highest BCUT2D eigenvalue weighted by Gasteiger charge is 2.15. The Balaban J connectivity index is 2.13. The Morgan fingerprint density at radius 3 is 2.38 bits per heavy atom. The minimum absolute atomic E-state index is 0.0916. The van der Waals surface area contributed by atoms with E-state index >= 15 is 0 Å². The number of anilines is 2. The van der Waals surface area contributed by atoms with Gasteiger partial charge in [0.25, 0.3) is 11.6 Å². The van der Waals surface area contributed by atoms with E-state index in [2.05, 4.69) is 10.6 Å². The first kappa shape index (κ1) is 18.9. The van der Waals surface area contributed by atoms with Gasteiger partial charge in [-0.05, 0) is 36.8 Å². The quantitative estimate of drug-likeness (QED) is 0.581. The van der Waals surface area contributed by atoms with Gasteiger partial charge in [-0.2, -0.15) is 0 Å². The Morgan fingerprint density at radius 2 is 1.81 bits per heavy atom. The Hall–Kier alpha value is -3.42. The summed E-state index contributed by atoms with van der Waals surface area (Å²) in [6.45, 7) is 1.91. The molecule has 0 aliphatic heterocycles. The van der Waals surface area contributed by atoms with Crippen molar-refractivity contribution in [3.8, 4) is 5.75 Å². The van der Waals surface area contributed by atoms with Crippen molar-refractivity contribution in [3.63, 3.8) is 0 Å². The fourth-order valence-corrected chi connectivity index (χ4v) is 2.26. The molecule has 0 radical (unpaired) electrons. The smallest absolute Gasteiger partial charge is 0.271 e. The summed E-state index contributed by atoms with van der Waals surface area (Å²) in [6.07, 6.45) is 1.17. The maximum absolute atomic E-state index is 12.4. The largest absolute Gasteiger partial charge is 0.495 e. The number of non-ortho nitro benzene ring substituents is 1. The number of nitro groups is 1. The molecule has 2 aromatic rings. The number of hydrogen-bond donors (Lipinski definition) is 2. The number of amides is 2. The topological polar surface area (TPSA) is 111 Å². The summed E-state index contributed by atoms with van der Waals surface area (Å²) in [6, 6.07) is 10.3. The molecule has 0 spiro atoms. The van der Waals surface area contributed by atoms with Gasteiger partial charge in [-0.3, -0.25) is 19.7 Å². The molecule has 0 aliphatic carbocycles. The summed E-state index contributed by atoms with van der Waals surface area (Å²) in [4.78, 5) is 34.3. The Bertz CT molecular complexity index is 818. The molecule has 0 fully saturated rings. The standard InChI is InChI=1S/C18H19N3O5/c1-3-4-17(22)19-13-7-5-12(6-8-13)18(23)20-15-11-14(21(24)25)9-10-16(15)26-2/h5-11H,3-4H2,1-2H3,(H,19,22)(H,20,23). The predicted octanol–water partition coefficient (Wildman–Crippen LogP) is 3.59. The summed E-state index contributed by atoms with van der Waals surface area (Å²) in [5.74, 6) is -0.228. The van der Waals surface area contributed by atoms with E-state index in [1.807, 2.05) is 6.92 Å². The molecule has 0 bridgehead atoms. The van der Waals surface area contributed by atoms with E-state index in [0.29, 0.717) is 23.4 Å². The van der Waals surface area contributed by atoms with E-state index in [0.717, 1.165) is 6.42 Å². The van der Waals surface area contributed by atoms with Crippen molar-refractivity contribution >= 4 is 28.9 Å². The van der Waals surface area contributed by atoms with Crippen LogP contribution in [-0.4, -0.2) is 23.8 Å². The summed E-state index contributed by atoms with van der Waals surface area (Å²) in [5.41, 5.74) is 0.974. The number of carbonyl (C=O) groups is 2. The molecule has 136 valence electrons. The molecule has 2 aromatic carbocycles. The molecule has 0 saturated heterocycles. The van der Waals surface area contributed by atoms with Gasteiger partial charge >= 0.3 is 0 Å². The SMILES string of the molecule is CCCC(=O)Nc1ccc(C(=O)Nc2cc([N+](=O)[O-])ccc2OC)cc1. The van der Waals surface area contributed by atoms with Gasteiger partial charge < -0.3 is 15.4 Å². The minimum atomic E-state index is -0.553. The third-order valence-corrected chi connectivity index (χ3v) is 3.55. The molecule has 26 heavy (non-hydrogen) atoms. The minimum Gasteiger partial charge on any atom is -0.495 e. The van der Waals surface area contributed by atoms with Gasteiger partial charge in [-0.15, -0.1) is 0 Å². The van der Waals surface area contributed by atoms with E-state index in [1.165, 1.54) is 25.3 Å². The van der Waals surface area contributed by atoms with Crippen molar-refractivity contribution in [2.45, 2.75) is 19.8 Å². The molecule has 8 heteroatoms. The number of carbonyl (C=O) groups excluding carboxylic acids is 2. The Morgan fingerprint density at radius 1 is 1.12 bits per heavy atom. The number of rotatable bonds is 7. The maximum Gasteiger partial charge on any atom is 0.271 e. The van der Waals surface area contributed by atoms with Crippen LogP contribution in [0.3, 0.4) is 0 Å². The van der Waals surface area contributed by atoms with Crippen LogP contribution in [0.2, 0.25) is 0 Å². The zero-order chi connectivity index (χ0) is 19.1.